The molecule has 0 unspecified atom stereocenters. The van der Waals surface area contributed by atoms with Gasteiger partial charge in [-0.05, 0) is 41.8 Å². The number of ether oxygens (including phenoxy) is 1. The number of likely N-dealkylation sites (N-methyl/N-ethyl adjacent to an activating group) is 1. The average Bonchev–Trinajstić information content (AvgIpc) is 2.94. The summed E-state index contributed by atoms with van der Waals surface area (Å²) in [6, 6.07) is 20.5. The molecule has 0 bridgehead atoms. The lowest BCUT2D eigenvalue weighted by Crippen LogP contribution is -2.49. The Hall–Kier alpha value is -3.27. The maximum absolute atomic E-state index is 13.7. The molecule has 0 heterocycles. The van der Waals surface area contributed by atoms with Crippen molar-refractivity contribution in [2.24, 2.45) is 0 Å². The Morgan fingerprint density at radius 1 is 0.950 bits per heavy atom. The molecule has 3 rings (SSSR count). The molecule has 3 aromatic carbocycles. The number of halogens is 2. The van der Waals surface area contributed by atoms with Crippen LogP contribution < -0.4 is 14.4 Å². The van der Waals surface area contributed by atoms with Crippen LogP contribution in [-0.4, -0.2) is 58.1 Å². The standard InChI is InChI=1S/C29H33Cl2N3O5S/c1-32-29(36)26(19-21-10-5-4-6-11-21)33(20-22-15-16-23(30)24(31)18-22)28(35)14-9-17-34(40(3,37)38)25-12-7-8-13-27(25)39-2/h4-8,10-13,15-16,18,26H,9,14,17,19-20H2,1-3H3,(H,32,36)/t26-/m1/s1. The Balaban J connectivity index is 1.88. The first kappa shape index (κ1) is 31.3. The largest absolute Gasteiger partial charge is 0.495 e. The van der Waals surface area contributed by atoms with Crippen LogP contribution in [0.3, 0.4) is 0 Å². The highest BCUT2D eigenvalue weighted by molar-refractivity contribution is 7.92. The summed E-state index contributed by atoms with van der Waals surface area (Å²) in [5.41, 5.74) is 1.99. The maximum Gasteiger partial charge on any atom is 0.242 e. The molecule has 0 aliphatic rings. The number of anilines is 1. The highest BCUT2D eigenvalue weighted by Crippen LogP contribution is 2.30. The lowest BCUT2D eigenvalue weighted by Gasteiger charge is -2.32. The first-order valence-corrected chi connectivity index (χ1v) is 15.2. The molecule has 0 radical (unpaired) electrons. The van der Waals surface area contributed by atoms with E-state index >= 15 is 0 Å². The zero-order valence-electron chi connectivity index (χ0n) is 22.6. The third-order valence-corrected chi connectivity index (χ3v) is 8.28. The second kappa shape index (κ2) is 14.4. The highest BCUT2D eigenvalue weighted by Gasteiger charge is 2.30. The van der Waals surface area contributed by atoms with E-state index in [9.17, 15) is 18.0 Å². The van der Waals surface area contributed by atoms with E-state index in [1.54, 1.807) is 42.5 Å². The minimum absolute atomic E-state index is 0.00474. The monoisotopic (exact) mass is 605 g/mol. The van der Waals surface area contributed by atoms with Crippen molar-refractivity contribution in [2.75, 3.05) is 31.3 Å². The molecule has 11 heteroatoms. The van der Waals surface area contributed by atoms with Crippen LogP contribution in [0.4, 0.5) is 5.69 Å². The van der Waals surface area contributed by atoms with Crippen molar-refractivity contribution >= 4 is 50.7 Å². The van der Waals surface area contributed by atoms with Gasteiger partial charge >= 0.3 is 0 Å². The average molecular weight is 607 g/mol. The first-order chi connectivity index (χ1) is 19.0. The number of rotatable bonds is 13. The fourth-order valence-electron chi connectivity index (χ4n) is 4.37. The van der Waals surface area contributed by atoms with Gasteiger partial charge in [-0.15, -0.1) is 0 Å². The van der Waals surface area contributed by atoms with E-state index in [0.717, 1.165) is 11.8 Å². The quantitative estimate of drug-likeness (QED) is 0.298. The third-order valence-electron chi connectivity index (χ3n) is 6.36. The third kappa shape index (κ3) is 8.36. The predicted molar refractivity (Wildman–Crippen MR) is 159 cm³/mol. The van der Waals surface area contributed by atoms with Gasteiger partial charge in [0.2, 0.25) is 21.8 Å². The number of amides is 2. The maximum atomic E-state index is 13.7. The Labute approximate surface area is 245 Å². The van der Waals surface area contributed by atoms with Crippen molar-refractivity contribution in [3.8, 4) is 5.75 Å². The topological polar surface area (TPSA) is 96.0 Å². The summed E-state index contributed by atoms with van der Waals surface area (Å²) in [6.07, 6.45) is 1.63. The summed E-state index contributed by atoms with van der Waals surface area (Å²) < 4.78 is 31.9. The Morgan fingerprint density at radius 3 is 2.25 bits per heavy atom. The summed E-state index contributed by atoms with van der Waals surface area (Å²) in [5, 5.41) is 3.40. The lowest BCUT2D eigenvalue weighted by atomic mass is 10.0. The van der Waals surface area contributed by atoms with Gasteiger partial charge in [-0.3, -0.25) is 13.9 Å². The second-order valence-electron chi connectivity index (χ2n) is 9.20. The molecule has 0 aliphatic heterocycles. The second-order valence-corrected chi connectivity index (χ2v) is 11.9. The number of hydrogen-bond acceptors (Lipinski definition) is 5. The highest BCUT2D eigenvalue weighted by atomic mass is 35.5. The molecule has 8 nitrogen and oxygen atoms in total. The van der Waals surface area contributed by atoms with Gasteiger partial charge in [-0.25, -0.2) is 8.42 Å². The van der Waals surface area contributed by atoms with E-state index in [1.807, 2.05) is 30.3 Å². The normalized spacial score (nSPS) is 11.9. The number of benzene rings is 3. The van der Waals surface area contributed by atoms with Gasteiger partial charge < -0.3 is 15.0 Å². The van der Waals surface area contributed by atoms with Gasteiger partial charge in [-0.1, -0.05) is 71.7 Å². The van der Waals surface area contributed by atoms with Crippen LogP contribution >= 0.6 is 23.2 Å². The van der Waals surface area contributed by atoms with E-state index in [0.29, 0.717) is 33.5 Å². The van der Waals surface area contributed by atoms with Crippen molar-refractivity contribution in [1.29, 1.82) is 0 Å². The molecular weight excluding hydrogens is 573 g/mol. The number of sulfonamides is 1. The van der Waals surface area contributed by atoms with Gasteiger partial charge in [0.1, 0.15) is 11.8 Å². The summed E-state index contributed by atoms with van der Waals surface area (Å²) >= 11 is 12.3. The Kier molecular flexibility index (Phi) is 11.2. The Bertz CT molecular complexity index is 1420. The molecule has 0 saturated carbocycles. The van der Waals surface area contributed by atoms with Gasteiger partial charge in [0, 0.05) is 33.0 Å². The molecule has 1 atom stereocenters. The van der Waals surface area contributed by atoms with Gasteiger partial charge in [0.25, 0.3) is 0 Å². The molecule has 40 heavy (non-hydrogen) atoms. The van der Waals surface area contributed by atoms with Crippen LogP contribution in [0.25, 0.3) is 0 Å². The minimum Gasteiger partial charge on any atom is -0.495 e. The van der Waals surface area contributed by atoms with Crippen LogP contribution in [0, 0.1) is 0 Å². The zero-order chi connectivity index (χ0) is 29.3. The molecule has 0 spiro atoms. The van der Waals surface area contributed by atoms with Gasteiger partial charge in [-0.2, -0.15) is 0 Å². The van der Waals surface area contributed by atoms with E-state index in [2.05, 4.69) is 5.32 Å². The summed E-state index contributed by atoms with van der Waals surface area (Å²) in [7, 11) is -0.669. The molecule has 214 valence electrons. The molecule has 2 amide bonds. The molecule has 0 saturated heterocycles. The predicted octanol–water partition coefficient (Wildman–Crippen LogP) is 4.93. The molecule has 0 aliphatic carbocycles. The number of nitrogens with zero attached hydrogens (tertiary/aromatic N) is 2. The summed E-state index contributed by atoms with van der Waals surface area (Å²) in [4.78, 5) is 28.3. The van der Waals surface area contributed by atoms with E-state index < -0.39 is 16.1 Å². The van der Waals surface area contributed by atoms with Gasteiger partial charge in [0.15, 0.2) is 0 Å². The fourth-order valence-corrected chi connectivity index (χ4v) is 5.66. The van der Waals surface area contributed by atoms with Crippen molar-refractivity contribution in [2.45, 2.75) is 31.8 Å². The number of hydrogen-bond donors (Lipinski definition) is 1. The lowest BCUT2D eigenvalue weighted by molar-refractivity contribution is -0.141. The van der Waals surface area contributed by atoms with Crippen molar-refractivity contribution in [3.63, 3.8) is 0 Å². The molecule has 0 aromatic heterocycles. The number of nitrogens with one attached hydrogen (secondary N) is 1. The number of carbonyl (C=O) groups excluding carboxylic acids is 2. The molecular formula is C29H33Cl2N3O5S. The van der Waals surface area contributed by atoms with Gasteiger partial charge in [0.05, 0.1) is 29.1 Å². The fraction of sp³-hybridized carbons (Fsp3) is 0.310. The van der Waals surface area contributed by atoms with Crippen molar-refractivity contribution in [1.82, 2.24) is 10.2 Å². The van der Waals surface area contributed by atoms with Crippen LogP contribution in [0.5, 0.6) is 5.75 Å². The number of methoxy groups -OCH3 is 1. The summed E-state index contributed by atoms with van der Waals surface area (Å²) in [6.45, 7) is 0.165. The van der Waals surface area contributed by atoms with E-state index in [4.69, 9.17) is 27.9 Å². The smallest absolute Gasteiger partial charge is 0.242 e. The number of carbonyl (C=O) groups is 2. The Morgan fingerprint density at radius 2 is 1.62 bits per heavy atom. The van der Waals surface area contributed by atoms with E-state index in [-0.39, 0.29) is 37.7 Å². The van der Waals surface area contributed by atoms with Crippen LogP contribution in [0.2, 0.25) is 10.0 Å². The van der Waals surface area contributed by atoms with Crippen LogP contribution in [-0.2, 0) is 32.6 Å². The van der Waals surface area contributed by atoms with Crippen LogP contribution in [0.15, 0.2) is 72.8 Å². The number of para-hydroxylation sites is 2. The SMILES string of the molecule is CNC(=O)[C@@H](Cc1ccccc1)N(Cc1ccc(Cl)c(Cl)c1)C(=O)CCCN(c1ccccc1OC)S(C)(=O)=O. The molecule has 0 fully saturated rings. The van der Waals surface area contributed by atoms with Crippen molar-refractivity contribution < 1.29 is 22.7 Å². The van der Waals surface area contributed by atoms with Crippen molar-refractivity contribution in [3.05, 3.63) is 94.0 Å². The molecule has 3 aromatic rings. The first-order valence-electron chi connectivity index (χ1n) is 12.6. The zero-order valence-corrected chi connectivity index (χ0v) is 25.0. The molecule has 1 N–H and O–H groups in total. The van der Waals surface area contributed by atoms with E-state index in [1.165, 1.54) is 23.4 Å². The van der Waals surface area contributed by atoms with Crippen LogP contribution in [0.1, 0.15) is 24.0 Å². The minimum atomic E-state index is -3.66. The summed E-state index contributed by atoms with van der Waals surface area (Å²) in [5.74, 6) is -0.212.